The van der Waals surface area contributed by atoms with Gasteiger partial charge in [-0.05, 0) is 42.2 Å². The van der Waals surface area contributed by atoms with E-state index in [4.69, 9.17) is 16.3 Å². The van der Waals surface area contributed by atoms with Crippen molar-refractivity contribution in [2.75, 3.05) is 44.8 Å². The van der Waals surface area contributed by atoms with Crippen LogP contribution in [0.1, 0.15) is 29.5 Å². The Morgan fingerprint density at radius 1 is 0.976 bits per heavy atom. The zero-order chi connectivity index (χ0) is 29.4. The lowest BCUT2D eigenvalue weighted by atomic mass is 10.1. The first kappa shape index (κ1) is 30.5. The molecule has 4 rings (SSSR count). The second-order valence-corrected chi connectivity index (χ2v) is 10.4. The Labute approximate surface area is 242 Å². The van der Waals surface area contributed by atoms with Crippen LogP contribution in [0.4, 0.5) is 18.9 Å². The number of alkyl halides is 3. The van der Waals surface area contributed by atoms with Crippen LogP contribution in [0, 0.1) is 0 Å². The average Bonchev–Trinajstić information content (AvgIpc) is 3.40. The summed E-state index contributed by atoms with van der Waals surface area (Å²) in [6.45, 7) is 2.66. The van der Waals surface area contributed by atoms with Crippen molar-refractivity contribution in [2.24, 2.45) is 0 Å². The van der Waals surface area contributed by atoms with Crippen LogP contribution in [-0.4, -0.2) is 71.3 Å². The van der Waals surface area contributed by atoms with Gasteiger partial charge in [-0.15, -0.1) is 0 Å². The van der Waals surface area contributed by atoms with Crippen molar-refractivity contribution < 1.29 is 27.5 Å². The minimum absolute atomic E-state index is 0.0910. The molecule has 12 heteroatoms. The summed E-state index contributed by atoms with van der Waals surface area (Å²) in [6.07, 6.45) is -1.62. The summed E-state index contributed by atoms with van der Waals surface area (Å²) in [7, 11) is 1.47. The van der Waals surface area contributed by atoms with Gasteiger partial charge in [0.1, 0.15) is 13.2 Å². The summed E-state index contributed by atoms with van der Waals surface area (Å²) in [5.41, 5.74) is 1.62. The third-order valence-electron chi connectivity index (χ3n) is 6.90. The fraction of sp³-hybridized carbons (Fsp3) is 0.414. The van der Waals surface area contributed by atoms with E-state index in [0.717, 1.165) is 28.4 Å². The van der Waals surface area contributed by atoms with E-state index in [1.165, 1.54) is 7.11 Å². The van der Waals surface area contributed by atoms with Crippen molar-refractivity contribution in [1.29, 1.82) is 0 Å². The molecule has 220 valence electrons. The van der Waals surface area contributed by atoms with E-state index in [0.29, 0.717) is 56.1 Å². The van der Waals surface area contributed by atoms with Crippen LogP contribution in [0.15, 0.2) is 60.9 Å². The lowest BCUT2D eigenvalue weighted by Gasteiger charge is -2.31. The highest BCUT2D eigenvalue weighted by molar-refractivity contribution is 6.30. The number of fused-ring (bicyclic) bond motifs is 1. The molecule has 0 saturated carbocycles. The molecule has 8 nitrogen and oxygen atoms in total. The zero-order valence-corrected chi connectivity index (χ0v) is 23.6. The van der Waals surface area contributed by atoms with Gasteiger partial charge >= 0.3 is 6.18 Å². The lowest BCUT2D eigenvalue weighted by Crippen LogP contribution is -2.40. The second kappa shape index (κ2) is 14.0. The predicted molar refractivity (Wildman–Crippen MR) is 149 cm³/mol. The van der Waals surface area contributed by atoms with Crippen LogP contribution in [0.2, 0.25) is 5.02 Å². The minimum Gasteiger partial charge on any atom is -0.375 e. The maximum Gasteiger partial charge on any atom is 0.419 e. The molecule has 2 aromatic carbocycles. The summed E-state index contributed by atoms with van der Waals surface area (Å²) in [6, 6.07) is 15.0. The largest absolute Gasteiger partial charge is 0.419 e. The minimum atomic E-state index is -4.54. The Morgan fingerprint density at radius 3 is 2.37 bits per heavy atom. The number of benzene rings is 2. The number of hydrogen-bond donors (Lipinski definition) is 0. The van der Waals surface area contributed by atoms with Gasteiger partial charge in [0.15, 0.2) is 0 Å². The SMILES string of the molecule is COCC(=O)N1CCCN(Cc2ccc(Cl)cc2)CCCN(C(=O)Cn2cc(C(F)(F)F)cn2)Cc2ccccc21. The van der Waals surface area contributed by atoms with Crippen molar-refractivity contribution >= 4 is 29.1 Å². The Bertz CT molecular complexity index is 1320. The summed E-state index contributed by atoms with van der Waals surface area (Å²) in [5.74, 6) is -0.567. The Kier molecular flexibility index (Phi) is 10.4. The third-order valence-corrected chi connectivity index (χ3v) is 7.15. The summed E-state index contributed by atoms with van der Waals surface area (Å²) >= 11 is 6.05. The van der Waals surface area contributed by atoms with Gasteiger partial charge in [-0.3, -0.25) is 19.2 Å². The maximum atomic E-state index is 13.4. The quantitative estimate of drug-likeness (QED) is 0.410. The smallest absolute Gasteiger partial charge is 0.375 e. The van der Waals surface area contributed by atoms with Crippen LogP contribution in [0.25, 0.3) is 0 Å². The molecule has 41 heavy (non-hydrogen) atoms. The standard InChI is InChI=1S/C29H33ClF3N5O3/c1-41-21-28(40)38-15-5-13-35(17-22-8-10-25(30)11-9-22)12-4-14-36(18-23-6-2-3-7-26(23)38)27(39)20-37-19-24(16-34-37)29(31,32)33/h2-3,6-11,16,19H,4-5,12-15,17-18,20-21H2,1H3. The van der Waals surface area contributed by atoms with E-state index in [1.54, 1.807) is 9.80 Å². The number of halogens is 4. The van der Waals surface area contributed by atoms with Crippen molar-refractivity contribution in [2.45, 2.75) is 38.7 Å². The Morgan fingerprint density at radius 2 is 1.68 bits per heavy atom. The predicted octanol–water partition coefficient (Wildman–Crippen LogP) is 4.86. The first-order valence-electron chi connectivity index (χ1n) is 13.4. The Balaban J connectivity index is 1.60. The van der Waals surface area contributed by atoms with Gasteiger partial charge in [0.05, 0.1) is 11.8 Å². The van der Waals surface area contributed by atoms with Crippen LogP contribution >= 0.6 is 11.6 Å². The third kappa shape index (κ3) is 8.54. The average molecular weight is 592 g/mol. The molecule has 3 aromatic rings. The van der Waals surface area contributed by atoms with Crippen molar-refractivity contribution in [3.05, 3.63) is 82.6 Å². The lowest BCUT2D eigenvalue weighted by molar-refractivity contribution is -0.138. The molecule has 0 unspecified atom stereocenters. The number of carbonyl (C=O) groups is 2. The number of nitrogens with zero attached hydrogens (tertiary/aromatic N) is 5. The second-order valence-electron chi connectivity index (χ2n) is 9.96. The molecular weight excluding hydrogens is 559 g/mol. The van der Waals surface area contributed by atoms with Crippen LogP contribution < -0.4 is 4.90 Å². The number of para-hydroxylation sites is 1. The van der Waals surface area contributed by atoms with Gasteiger partial charge in [-0.25, -0.2) is 0 Å². The first-order chi connectivity index (χ1) is 19.6. The van der Waals surface area contributed by atoms with Gasteiger partial charge < -0.3 is 14.5 Å². The van der Waals surface area contributed by atoms with E-state index in [9.17, 15) is 22.8 Å². The molecule has 0 saturated heterocycles. The van der Waals surface area contributed by atoms with E-state index in [1.807, 2.05) is 48.5 Å². The molecular formula is C29H33ClF3N5O3. The van der Waals surface area contributed by atoms with Gasteiger partial charge in [0, 0.05) is 63.3 Å². The highest BCUT2D eigenvalue weighted by Gasteiger charge is 2.32. The molecule has 0 atom stereocenters. The van der Waals surface area contributed by atoms with Gasteiger partial charge in [0.25, 0.3) is 5.91 Å². The van der Waals surface area contributed by atoms with Crippen molar-refractivity contribution in [3.63, 3.8) is 0 Å². The van der Waals surface area contributed by atoms with E-state index in [-0.39, 0.29) is 31.5 Å². The number of ether oxygens (including phenoxy) is 1. The van der Waals surface area contributed by atoms with Gasteiger partial charge in [0.2, 0.25) is 5.91 Å². The van der Waals surface area contributed by atoms with E-state index < -0.39 is 11.7 Å². The topological polar surface area (TPSA) is 70.9 Å². The first-order valence-corrected chi connectivity index (χ1v) is 13.7. The highest BCUT2D eigenvalue weighted by atomic mass is 35.5. The number of amides is 2. The molecule has 0 radical (unpaired) electrons. The monoisotopic (exact) mass is 591 g/mol. The highest BCUT2D eigenvalue weighted by Crippen LogP contribution is 2.29. The normalized spacial score (nSPS) is 15.6. The fourth-order valence-electron chi connectivity index (χ4n) is 4.88. The van der Waals surface area contributed by atoms with E-state index in [2.05, 4.69) is 10.00 Å². The molecule has 1 aliphatic heterocycles. The Hall–Kier alpha value is -3.41. The number of rotatable bonds is 6. The van der Waals surface area contributed by atoms with Crippen molar-refractivity contribution in [3.8, 4) is 0 Å². The molecule has 2 amide bonds. The molecule has 0 N–H and O–H groups in total. The van der Waals surface area contributed by atoms with Crippen molar-refractivity contribution in [1.82, 2.24) is 19.6 Å². The zero-order valence-electron chi connectivity index (χ0n) is 22.8. The molecule has 0 aliphatic carbocycles. The molecule has 0 spiro atoms. The van der Waals surface area contributed by atoms with Gasteiger partial charge in [-0.2, -0.15) is 18.3 Å². The number of anilines is 1. The van der Waals surface area contributed by atoms with E-state index >= 15 is 0 Å². The van der Waals surface area contributed by atoms with Gasteiger partial charge in [-0.1, -0.05) is 41.9 Å². The number of hydrogen-bond acceptors (Lipinski definition) is 5. The summed E-state index contributed by atoms with van der Waals surface area (Å²) < 4.78 is 45.4. The summed E-state index contributed by atoms with van der Waals surface area (Å²) in [5, 5.41) is 4.40. The number of methoxy groups -OCH3 is 1. The van der Waals surface area contributed by atoms with Crippen LogP contribution in [0.5, 0.6) is 0 Å². The number of carbonyl (C=O) groups excluding carboxylic acids is 2. The maximum absolute atomic E-state index is 13.4. The molecule has 1 aromatic heterocycles. The molecule has 0 fully saturated rings. The van der Waals surface area contributed by atoms with Crippen LogP contribution in [-0.2, 0) is 40.1 Å². The molecule has 1 aliphatic rings. The molecule has 0 bridgehead atoms. The fourth-order valence-corrected chi connectivity index (χ4v) is 5.00. The van der Waals surface area contributed by atoms with Crippen LogP contribution in [0.3, 0.4) is 0 Å². The number of aromatic nitrogens is 2. The molecule has 2 heterocycles. The summed E-state index contributed by atoms with van der Waals surface area (Å²) in [4.78, 5) is 32.1.